The molecule has 1 N–H and O–H groups in total. The largest absolute Gasteiger partial charge is 0.492 e. The molecule has 3 aromatic carbocycles. The van der Waals surface area contributed by atoms with Gasteiger partial charge in [0.2, 0.25) is 10.0 Å². The monoisotopic (exact) mass is 545 g/mol. The van der Waals surface area contributed by atoms with Crippen molar-refractivity contribution in [2.75, 3.05) is 23.7 Å². The molecule has 37 heavy (non-hydrogen) atoms. The van der Waals surface area contributed by atoms with Gasteiger partial charge in [-0.05, 0) is 47.9 Å². The van der Waals surface area contributed by atoms with Crippen LogP contribution in [0.4, 0.5) is 11.4 Å². The van der Waals surface area contributed by atoms with Crippen LogP contribution in [0.2, 0.25) is 5.02 Å². The van der Waals surface area contributed by atoms with Crippen molar-refractivity contribution in [1.29, 1.82) is 0 Å². The highest BCUT2D eigenvalue weighted by atomic mass is 35.5. The highest BCUT2D eigenvalue weighted by Crippen LogP contribution is 2.32. The van der Waals surface area contributed by atoms with Gasteiger partial charge in [-0.25, -0.2) is 8.42 Å². The predicted molar refractivity (Wildman–Crippen MR) is 144 cm³/mol. The average Bonchev–Trinajstić information content (AvgIpc) is 2.86. The maximum absolute atomic E-state index is 12.5. The Morgan fingerprint density at radius 1 is 1.05 bits per heavy atom. The van der Waals surface area contributed by atoms with Gasteiger partial charge in [-0.2, -0.15) is 0 Å². The van der Waals surface area contributed by atoms with Gasteiger partial charge in [0.1, 0.15) is 12.4 Å². The number of nitro groups is 1. The molecule has 9 nitrogen and oxygen atoms in total. The number of non-ortho nitro benzene ring substituents is 1. The molecule has 3 rings (SSSR count). The van der Waals surface area contributed by atoms with E-state index < -0.39 is 14.9 Å². The van der Waals surface area contributed by atoms with Crippen molar-refractivity contribution < 1.29 is 22.9 Å². The van der Waals surface area contributed by atoms with E-state index in [0.29, 0.717) is 24.3 Å². The number of hydrogen-bond donors (Lipinski definition) is 1. The van der Waals surface area contributed by atoms with Crippen molar-refractivity contribution in [3.8, 4) is 5.75 Å². The number of nitrogens with zero attached hydrogens (tertiary/aromatic N) is 2. The zero-order valence-corrected chi connectivity index (χ0v) is 22.1. The molecule has 1 amide bonds. The number of benzene rings is 3. The molecule has 0 fully saturated rings. The minimum atomic E-state index is -3.82. The lowest BCUT2D eigenvalue weighted by Crippen LogP contribution is -2.30. The molecule has 0 heterocycles. The average molecular weight is 546 g/mol. The Balaban J connectivity index is 1.60. The van der Waals surface area contributed by atoms with Gasteiger partial charge >= 0.3 is 0 Å². The summed E-state index contributed by atoms with van der Waals surface area (Å²) in [6, 6.07) is 17.9. The van der Waals surface area contributed by atoms with Gasteiger partial charge in [0.15, 0.2) is 0 Å². The zero-order chi connectivity index (χ0) is 27.0. The van der Waals surface area contributed by atoms with Crippen LogP contribution >= 0.6 is 11.6 Å². The first kappa shape index (κ1) is 27.9. The third-order valence-electron chi connectivity index (χ3n) is 5.47. The fraction of sp³-hybridized carbons (Fsp3) is 0.269. The number of hydrogen-bond acceptors (Lipinski definition) is 6. The van der Waals surface area contributed by atoms with Gasteiger partial charge in [0.05, 0.1) is 35.0 Å². The maximum Gasteiger partial charge on any atom is 0.271 e. The molecule has 0 unspecified atom stereocenters. The van der Waals surface area contributed by atoms with E-state index in [-0.39, 0.29) is 28.8 Å². The summed E-state index contributed by atoms with van der Waals surface area (Å²) in [7, 11) is -3.82. The lowest BCUT2D eigenvalue weighted by Gasteiger charge is -2.23. The number of nitro benzene ring substituents is 1. The summed E-state index contributed by atoms with van der Waals surface area (Å²) < 4.78 is 31.6. The van der Waals surface area contributed by atoms with Gasteiger partial charge in [-0.3, -0.25) is 19.2 Å². The lowest BCUT2D eigenvalue weighted by molar-refractivity contribution is -0.384. The Labute approximate surface area is 221 Å². The van der Waals surface area contributed by atoms with Crippen molar-refractivity contribution in [1.82, 2.24) is 5.32 Å². The van der Waals surface area contributed by atoms with Gasteiger partial charge in [0, 0.05) is 17.7 Å². The first-order chi connectivity index (χ1) is 17.6. The fourth-order valence-electron chi connectivity index (χ4n) is 3.59. The second kappa shape index (κ2) is 12.6. The molecule has 0 atom stereocenters. The fourth-order valence-corrected chi connectivity index (χ4v) is 4.75. The van der Waals surface area contributed by atoms with Crippen LogP contribution in [0.25, 0.3) is 0 Å². The normalized spacial score (nSPS) is 11.1. The summed E-state index contributed by atoms with van der Waals surface area (Å²) in [6.45, 7) is 2.63. The van der Waals surface area contributed by atoms with Crippen LogP contribution in [0, 0.1) is 10.1 Å². The van der Waals surface area contributed by atoms with Crippen molar-refractivity contribution >= 4 is 38.9 Å². The molecular formula is C26H28ClN3O6S. The number of ether oxygens (including phenoxy) is 1. The quantitative estimate of drug-likeness (QED) is 0.195. The number of anilines is 1. The Morgan fingerprint density at radius 2 is 1.70 bits per heavy atom. The van der Waals surface area contributed by atoms with E-state index in [0.717, 1.165) is 35.2 Å². The Bertz CT molecular complexity index is 1350. The van der Waals surface area contributed by atoms with E-state index in [1.807, 2.05) is 24.3 Å². The van der Waals surface area contributed by atoms with Crippen LogP contribution in [0.5, 0.6) is 5.75 Å². The molecule has 0 aliphatic heterocycles. The first-order valence-electron chi connectivity index (χ1n) is 11.6. The number of halogens is 1. The number of aryl methyl sites for hydroxylation is 1. The number of carbonyl (C=O) groups excluding carboxylic acids is 1. The van der Waals surface area contributed by atoms with Crippen molar-refractivity contribution in [3.05, 3.63) is 98.6 Å². The summed E-state index contributed by atoms with van der Waals surface area (Å²) in [6.07, 6.45) is 3.09. The molecule has 0 bridgehead atoms. The van der Waals surface area contributed by atoms with Crippen LogP contribution in [-0.2, 0) is 23.0 Å². The molecule has 0 radical (unpaired) electrons. The van der Waals surface area contributed by atoms with Crippen LogP contribution in [0.15, 0.2) is 66.7 Å². The van der Waals surface area contributed by atoms with Crippen molar-refractivity contribution in [3.63, 3.8) is 0 Å². The van der Waals surface area contributed by atoms with E-state index in [4.69, 9.17) is 16.3 Å². The lowest BCUT2D eigenvalue weighted by atomic mass is 10.1. The summed E-state index contributed by atoms with van der Waals surface area (Å²) in [5, 5.41) is 14.0. The van der Waals surface area contributed by atoms with Crippen LogP contribution in [0.1, 0.15) is 34.8 Å². The topological polar surface area (TPSA) is 119 Å². The number of sulfonamides is 1. The molecule has 0 saturated heterocycles. The van der Waals surface area contributed by atoms with Crippen LogP contribution < -0.4 is 14.4 Å². The van der Waals surface area contributed by atoms with E-state index >= 15 is 0 Å². The number of nitrogens with one attached hydrogen (secondary N) is 1. The minimum Gasteiger partial charge on any atom is -0.492 e. The maximum atomic E-state index is 12.5. The Hall–Kier alpha value is -3.63. The summed E-state index contributed by atoms with van der Waals surface area (Å²) in [4.78, 5) is 23.0. The summed E-state index contributed by atoms with van der Waals surface area (Å²) in [5.74, 6) is 0.438. The second-order valence-electron chi connectivity index (χ2n) is 8.36. The molecule has 0 aliphatic rings. The molecule has 196 valence electrons. The third-order valence-corrected chi connectivity index (χ3v) is 6.92. The molecular weight excluding hydrogens is 518 g/mol. The standard InChI is InChI=1S/C26H28ClN3O6S/c1-3-4-19-7-12-23(13-8-19)36-16-15-28-26(31)21-9-5-20(6-10-21)18-29(37(2,34)35)25-17-22(30(32)33)11-14-24(25)27/h5-14,17H,3-4,15-16,18H2,1-2H3,(H,28,31). The first-order valence-corrected chi connectivity index (χ1v) is 13.8. The van der Waals surface area contributed by atoms with Crippen LogP contribution in [-0.4, -0.2) is 38.7 Å². The SMILES string of the molecule is CCCc1ccc(OCCNC(=O)c2ccc(CN(c3cc([N+](=O)[O-])ccc3Cl)S(C)(=O)=O)cc2)cc1. The van der Waals surface area contributed by atoms with Crippen molar-refractivity contribution in [2.45, 2.75) is 26.3 Å². The predicted octanol–water partition coefficient (Wildman–Crippen LogP) is 4.98. The number of rotatable bonds is 12. The molecule has 0 aromatic heterocycles. The second-order valence-corrected chi connectivity index (χ2v) is 10.7. The molecule has 0 spiro atoms. The van der Waals surface area contributed by atoms with E-state index in [1.165, 1.54) is 17.7 Å². The van der Waals surface area contributed by atoms with Gasteiger partial charge < -0.3 is 10.1 Å². The zero-order valence-electron chi connectivity index (χ0n) is 20.5. The smallest absolute Gasteiger partial charge is 0.271 e. The van der Waals surface area contributed by atoms with Gasteiger partial charge in [-0.15, -0.1) is 0 Å². The highest BCUT2D eigenvalue weighted by molar-refractivity contribution is 7.92. The van der Waals surface area contributed by atoms with E-state index in [2.05, 4.69) is 12.2 Å². The molecule has 11 heteroatoms. The Morgan fingerprint density at radius 3 is 2.30 bits per heavy atom. The molecule has 0 aliphatic carbocycles. The van der Waals surface area contributed by atoms with Crippen molar-refractivity contribution in [2.24, 2.45) is 0 Å². The third kappa shape index (κ3) is 7.93. The number of carbonyl (C=O) groups is 1. The molecule has 0 saturated carbocycles. The minimum absolute atomic E-state index is 0.000176. The van der Waals surface area contributed by atoms with E-state index in [1.54, 1.807) is 24.3 Å². The highest BCUT2D eigenvalue weighted by Gasteiger charge is 2.23. The van der Waals surface area contributed by atoms with Gasteiger partial charge in [-0.1, -0.05) is 49.2 Å². The summed E-state index contributed by atoms with van der Waals surface area (Å²) in [5.41, 5.74) is 1.93. The Kier molecular flexibility index (Phi) is 9.48. The summed E-state index contributed by atoms with van der Waals surface area (Å²) >= 11 is 6.16. The number of amides is 1. The van der Waals surface area contributed by atoms with E-state index in [9.17, 15) is 23.3 Å². The van der Waals surface area contributed by atoms with Crippen LogP contribution in [0.3, 0.4) is 0 Å². The van der Waals surface area contributed by atoms with Gasteiger partial charge in [0.25, 0.3) is 11.6 Å². The molecule has 3 aromatic rings.